The number of nitrogens with one attached hydrogen (secondary N) is 1. The van der Waals surface area contributed by atoms with Crippen LogP contribution in [0, 0.1) is 6.92 Å². The van der Waals surface area contributed by atoms with Crippen LogP contribution in [0.2, 0.25) is 0 Å². The average Bonchev–Trinajstić information content (AvgIpc) is 2.62. The van der Waals surface area contributed by atoms with Crippen LogP contribution in [-0.4, -0.2) is 25.1 Å². The molecule has 0 atom stereocenters. The topological polar surface area (TPSA) is 64.6 Å². The van der Waals surface area contributed by atoms with E-state index in [0.717, 1.165) is 11.1 Å². The zero-order valence-corrected chi connectivity index (χ0v) is 15.7. The van der Waals surface area contributed by atoms with Crippen molar-refractivity contribution in [2.75, 3.05) is 18.5 Å². The Kier molecular flexibility index (Phi) is 6.78. The van der Waals surface area contributed by atoms with Crippen molar-refractivity contribution in [3.8, 4) is 5.75 Å². The number of ether oxygens (including phenoxy) is 2. The van der Waals surface area contributed by atoms with E-state index in [1.165, 1.54) is 0 Å². The van der Waals surface area contributed by atoms with Crippen molar-refractivity contribution in [2.45, 2.75) is 33.6 Å². The lowest BCUT2D eigenvalue weighted by Gasteiger charge is -2.14. The third-order valence-corrected chi connectivity index (χ3v) is 3.92. The van der Waals surface area contributed by atoms with Crippen LogP contribution in [0.3, 0.4) is 0 Å². The van der Waals surface area contributed by atoms with Crippen LogP contribution in [0.5, 0.6) is 5.75 Å². The smallest absolute Gasteiger partial charge is 0.338 e. The minimum absolute atomic E-state index is 0.104. The van der Waals surface area contributed by atoms with Crippen molar-refractivity contribution >= 4 is 17.6 Å². The Bertz CT molecular complexity index is 783. The molecule has 0 aliphatic carbocycles. The van der Waals surface area contributed by atoms with Gasteiger partial charge in [0.1, 0.15) is 5.75 Å². The van der Waals surface area contributed by atoms with Crippen molar-refractivity contribution in [2.24, 2.45) is 0 Å². The molecule has 5 nitrogen and oxygen atoms in total. The van der Waals surface area contributed by atoms with Crippen LogP contribution in [0.25, 0.3) is 0 Å². The third kappa shape index (κ3) is 5.09. The van der Waals surface area contributed by atoms with Crippen LogP contribution in [-0.2, 0) is 9.53 Å². The van der Waals surface area contributed by atoms with Gasteiger partial charge in [0.05, 0.1) is 12.2 Å². The van der Waals surface area contributed by atoms with Gasteiger partial charge in [0.15, 0.2) is 6.61 Å². The standard InChI is InChI=1S/C21H25NO4/c1-5-25-21(24)16-11-10-15(4)18(12-16)22-20(23)13-26-19-9-7-6-8-17(19)14(2)3/h6-12,14H,5,13H2,1-4H3,(H,22,23). The monoisotopic (exact) mass is 355 g/mol. The van der Waals surface area contributed by atoms with Crippen LogP contribution >= 0.6 is 0 Å². The summed E-state index contributed by atoms with van der Waals surface area (Å²) in [5, 5.41) is 2.79. The Labute approximate surface area is 154 Å². The molecule has 1 N–H and O–H groups in total. The predicted octanol–water partition coefficient (Wildman–Crippen LogP) is 4.31. The fourth-order valence-electron chi connectivity index (χ4n) is 2.52. The fourth-order valence-corrected chi connectivity index (χ4v) is 2.52. The molecular weight excluding hydrogens is 330 g/mol. The van der Waals surface area contributed by atoms with E-state index < -0.39 is 5.97 Å². The number of rotatable bonds is 7. The minimum Gasteiger partial charge on any atom is -0.483 e. The summed E-state index contributed by atoms with van der Waals surface area (Å²) in [5.41, 5.74) is 2.88. The van der Waals surface area contributed by atoms with Gasteiger partial charge in [-0.2, -0.15) is 0 Å². The zero-order valence-electron chi connectivity index (χ0n) is 15.7. The summed E-state index contributed by atoms with van der Waals surface area (Å²) < 4.78 is 10.7. The first-order valence-electron chi connectivity index (χ1n) is 8.71. The molecule has 1 amide bonds. The molecule has 5 heteroatoms. The molecule has 0 saturated heterocycles. The lowest BCUT2D eigenvalue weighted by molar-refractivity contribution is -0.118. The number of hydrogen-bond donors (Lipinski definition) is 1. The largest absolute Gasteiger partial charge is 0.483 e. The molecule has 0 aliphatic rings. The lowest BCUT2D eigenvalue weighted by atomic mass is 10.0. The van der Waals surface area contributed by atoms with Crippen LogP contribution < -0.4 is 10.1 Å². The molecular formula is C21H25NO4. The number of aryl methyl sites for hydroxylation is 1. The molecule has 0 unspecified atom stereocenters. The molecule has 0 spiro atoms. The Morgan fingerprint density at radius 3 is 2.54 bits per heavy atom. The number of esters is 1. The number of hydrogen-bond acceptors (Lipinski definition) is 4. The second kappa shape index (κ2) is 9.04. The predicted molar refractivity (Wildman–Crippen MR) is 102 cm³/mol. The number of carbonyl (C=O) groups excluding carboxylic acids is 2. The first kappa shape index (κ1) is 19.5. The summed E-state index contributed by atoms with van der Waals surface area (Å²) in [7, 11) is 0. The van der Waals surface area contributed by atoms with E-state index in [1.807, 2.05) is 31.2 Å². The van der Waals surface area contributed by atoms with Crippen molar-refractivity contribution in [3.63, 3.8) is 0 Å². The Hall–Kier alpha value is -2.82. The first-order valence-corrected chi connectivity index (χ1v) is 8.71. The van der Waals surface area contributed by atoms with Gasteiger partial charge in [-0.1, -0.05) is 38.1 Å². The highest BCUT2D eigenvalue weighted by molar-refractivity contribution is 5.96. The van der Waals surface area contributed by atoms with Crippen molar-refractivity contribution < 1.29 is 19.1 Å². The number of amides is 1. The highest BCUT2D eigenvalue weighted by Crippen LogP contribution is 2.26. The molecule has 2 rings (SSSR count). The summed E-state index contributed by atoms with van der Waals surface area (Å²) in [5.74, 6) is 0.310. The van der Waals surface area contributed by atoms with Gasteiger partial charge in [-0.25, -0.2) is 4.79 Å². The Morgan fingerprint density at radius 1 is 1.12 bits per heavy atom. The van der Waals surface area contributed by atoms with E-state index in [4.69, 9.17) is 9.47 Å². The van der Waals surface area contributed by atoms with Gasteiger partial charge in [0.2, 0.25) is 0 Å². The normalized spacial score (nSPS) is 10.5. The average molecular weight is 355 g/mol. The van der Waals surface area contributed by atoms with Crippen molar-refractivity contribution in [3.05, 3.63) is 59.2 Å². The van der Waals surface area contributed by atoms with Crippen molar-refractivity contribution in [1.82, 2.24) is 0 Å². The van der Waals surface area contributed by atoms with E-state index in [2.05, 4.69) is 19.2 Å². The molecule has 26 heavy (non-hydrogen) atoms. The molecule has 138 valence electrons. The zero-order chi connectivity index (χ0) is 19.1. The summed E-state index contributed by atoms with van der Waals surface area (Å²) in [6, 6.07) is 12.8. The van der Waals surface area contributed by atoms with Gasteiger partial charge in [-0.3, -0.25) is 4.79 Å². The van der Waals surface area contributed by atoms with Crippen LogP contribution in [0.1, 0.15) is 48.2 Å². The number of para-hydroxylation sites is 1. The maximum atomic E-state index is 12.3. The molecule has 0 saturated carbocycles. The van der Waals surface area contributed by atoms with Gasteiger partial charge in [0, 0.05) is 5.69 Å². The summed E-state index contributed by atoms with van der Waals surface area (Å²) in [4.78, 5) is 24.1. The number of carbonyl (C=O) groups is 2. The molecule has 0 bridgehead atoms. The quantitative estimate of drug-likeness (QED) is 0.752. The molecule has 2 aromatic rings. The lowest BCUT2D eigenvalue weighted by Crippen LogP contribution is -2.21. The second-order valence-corrected chi connectivity index (χ2v) is 6.28. The van der Waals surface area contributed by atoms with E-state index in [0.29, 0.717) is 29.5 Å². The van der Waals surface area contributed by atoms with Crippen LogP contribution in [0.4, 0.5) is 5.69 Å². The van der Waals surface area contributed by atoms with E-state index in [9.17, 15) is 9.59 Å². The number of anilines is 1. The molecule has 0 fully saturated rings. The van der Waals surface area contributed by atoms with Crippen LogP contribution in [0.15, 0.2) is 42.5 Å². The summed E-state index contributed by atoms with van der Waals surface area (Å²) in [6.45, 7) is 7.96. The van der Waals surface area contributed by atoms with Gasteiger partial charge in [-0.05, 0) is 49.1 Å². The summed E-state index contributed by atoms with van der Waals surface area (Å²) >= 11 is 0. The fraction of sp³-hybridized carbons (Fsp3) is 0.333. The molecule has 0 aromatic heterocycles. The van der Waals surface area contributed by atoms with Gasteiger partial charge < -0.3 is 14.8 Å². The molecule has 0 radical (unpaired) electrons. The van der Waals surface area contributed by atoms with E-state index in [1.54, 1.807) is 25.1 Å². The van der Waals surface area contributed by atoms with Gasteiger partial charge in [-0.15, -0.1) is 0 Å². The highest BCUT2D eigenvalue weighted by atomic mass is 16.5. The van der Waals surface area contributed by atoms with Gasteiger partial charge >= 0.3 is 5.97 Å². The first-order chi connectivity index (χ1) is 12.4. The molecule has 2 aromatic carbocycles. The molecule has 0 aliphatic heterocycles. The Morgan fingerprint density at radius 2 is 1.85 bits per heavy atom. The Balaban J connectivity index is 2.04. The minimum atomic E-state index is -0.412. The molecule has 0 heterocycles. The van der Waals surface area contributed by atoms with Gasteiger partial charge in [0.25, 0.3) is 5.91 Å². The number of benzene rings is 2. The summed E-state index contributed by atoms with van der Waals surface area (Å²) in [6.07, 6.45) is 0. The second-order valence-electron chi connectivity index (χ2n) is 6.28. The van der Waals surface area contributed by atoms with E-state index >= 15 is 0 Å². The van der Waals surface area contributed by atoms with Crippen molar-refractivity contribution in [1.29, 1.82) is 0 Å². The maximum absolute atomic E-state index is 12.3. The maximum Gasteiger partial charge on any atom is 0.338 e. The third-order valence-electron chi connectivity index (χ3n) is 3.92. The SMILES string of the molecule is CCOC(=O)c1ccc(C)c(NC(=O)COc2ccccc2C(C)C)c1. The van der Waals surface area contributed by atoms with E-state index in [-0.39, 0.29) is 12.5 Å². The highest BCUT2D eigenvalue weighted by Gasteiger charge is 2.13.